The molecule has 2 aromatic rings. The van der Waals surface area contributed by atoms with Crippen molar-refractivity contribution in [3.63, 3.8) is 0 Å². The fraction of sp³-hybridized carbons (Fsp3) is 0.476. The fourth-order valence-corrected chi connectivity index (χ4v) is 6.22. The minimum absolute atomic E-state index is 0.178. The molecule has 0 bridgehead atoms. The van der Waals surface area contributed by atoms with Crippen molar-refractivity contribution in [1.29, 1.82) is 0 Å². The van der Waals surface area contributed by atoms with Crippen LogP contribution in [0, 0.1) is 0 Å². The predicted octanol–water partition coefficient (Wildman–Crippen LogP) is 2.34. The van der Waals surface area contributed by atoms with Gasteiger partial charge in [-0.05, 0) is 61.6 Å². The lowest BCUT2D eigenvalue weighted by Crippen LogP contribution is -2.40. The number of rotatable bonds is 7. The molecule has 30 heavy (non-hydrogen) atoms. The van der Waals surface area contributed by atoms with E-state index >= 15 is 0 Å². The van der Waals surface area contributed by atoms with Crippen LogP contribution in [0.3, 0.4) is 0 Å². The maximum atomic E-state index is 12.7. The number of likely N-dealkylation sites (tertiary alicyclic amines) is 1. The summed E-state index contributed by atoms with van der Waals surface area (Å²) in [6.07, 6.45) is 2.38. The van der Waals surface area contributed by atoms with Gasteiger partial charge in [-0.2, -0.15) is 4.31 Å². The minimum atomic E-state index is -3.55. The first-order valence-corrected chi connectivity index (χ1v) is 12.6. The van der Waals surface area contributed by atoms with Crippen molar-refractivity contribution in [2.45, 2.75) is 23.8 Å². The second-order valence-electron chi connectivity index (χ2n) is 7.53. The van der Waals surface area contributed by atoms with E-state index in [4.69, 9.17) is 4.74 Å². The summed E-state index contributed by atoms with van der Waals surface area (Å²) in [4.78, 5) is 16.6. The molecule has 0 unspecified atom stereocenters. The molecule has 1 atom stereocenters. The summed E-state index contributed by atoms with van der Waals surface area (Å²) in [6, 6.07) is 10.5. The van der Waals surface area contributed by atoms with Crippen molar-refractivity contribution in [2.24, 2.45) is 0 Å². The molecule has 1 aromatic carbocycles. The Morgan fingerprint density at radius 3 is 2.40 bits per heavy atom. The van der Waals surface area contributed by atoms with E-state index in [1.807, 2.05) is 6.07 Å². The molecule has 2 saturated heterocycles. The van der Waals surface area contributed by atoms with Crippen molar-refractivity contribution in [2.75, 3.05) is 45.9 Å². The van der Waals surface area contributed by atoms with E-state index in [-0.39, 0.29) is 16.8 Å². The molecule has 1 aromatic heterocycles. The Morgan fingerprint density at radius 1 is 1.07 bits per heavy atom. The number of nitrogens with zero attached hydrogens (tertiary/aromatic N) is 2. The van der Waals surface area contributed by atoms with Gasteiger partial charge in [0.2, 0.25) is 10.0 Å². The van der Waals surface area contributed by atoms with Gasteiger partial charge in [-0.25, -0.2) is 8.42 Å². The highest BCUT2D eigenvalue weighted by atomic mass is 32.2. The number of sulfonamides is 1. The van der Waals surface area contributed by atoms with Gasteiger partial charge in [0.1, 0.15) is 0 Å². The van der Waals surface area contributed by atoms with Crippen LogP contribution in [0.5, 0.6) is 0 Å². The van der Waals surface area contributed by atoms with Gasteiger partial charge in [-0.1, -0.05) is 6.07 Å². The van der Waals surface area contributed by atoms with Gasteiger partial charge in [0, 0.05) is 30.1 Å². The third kappa shape index (κ3) is 4.76. The highest BCUT2D eigenvalue weighted by molar-refractivity contribution is 7.89. The maximum Gasteiger partial charge on any atom is 0.251 e. The molecule has 162 valence electrons. The Kier molecular flexibility index (Phi) is 6.84. The topological polar surface area (TPSA) is 79.0 Å². The number of carbonyl (C=O) groups is 1. The Balaban J connectivity index is 1.41. The van der Waals surface area contributed by atoms with Crippen LogP contribution >= 0.6 is 11.3 Å². The van der Waals surface area contributed by atoms with Crippen LogP contribution in [0.4, 0.5) is 0 Å². The molecule has 0 spiro atoms. The number of carbonyl (C=O) groups excluding carboxylic acids is 1. The van der Waals surface area contributed by atoms with Gasteiger partial charge in [0.25, 0.3) is 5.91 Å². The zero-order valence-corrected chi connectivity index (χ0v) is 18.5. The third-order valence-corrected chi connectivity index (χ3v) is 8.52. The molecule has 7 nitrogen and oxygen atoms in total. The molecule has 2 aliphatic heterocycles. The quantitative estimate of drug-likeness (QED) is 0.702. The Bertz CT molecular complexity index is 933. The lowest BCUT2D eigenvalue weighted by molar-refractivity contribution is 0.0730. The van der Waals surface area contributed by atoms with Crippen molar-refractivity contribution >= 4 is 27.3 Å². The van der Waals surface area contributed by atoms with Gasteiger partial charge in [0.05, 0.1) is 24.2 Å². The number of ether oxygens (including phenoxy) is 1. The average molecular weight is 450 g/mol. The molecule has 1 amide bonds. The van der Waals surface area contributed by atoms with Crippen LogP contribution in [0.2, 0.25) is 0 Å². The lowest BCUT2D eigenvalue weighted by Gasteiger charge is -2.27. The van der Waals surface area contributed by atoms with Crippen LogP contribution in [-0.2, 0) is 14.8 Å². The molecule has 2 aliphatic rings. The van der Waals surface area contributed by atoms with E-state index in [0.717, 1.165) is 13.1 Å². The van der Waals surface area contributed by atoms with Crippen LogP contribution in [0.15, 0.2) is 46.7 Å². The van der Waals surface area contributed by atoms with E-state index in [0.29, 0.717) is 38.4 Å². The number of amides is 1. The normalized spacial score (nSPS) is 19.6. The number of nitrogens with one attached hydrogen (secondary N) is 1. The highest BCUT2D eigenvalue weighted by Crippen LogP contribution is 2.28. The zero-order chi connectivity index (χ0) is 21.0. The number of thiophene rings is 1. The summed E-state index contributed by atoms with van der Waals surface area (Å²) < 4.78 is 32.1. The monoisotopic (exact) mass is 449 g/mol. The maximum absolute atomic E-state index is 12.7. The average Bonchev–Trinajstić information content (AvgIpc) is 3.50. The van der Waals surface area contributed by atoms with Gasteiger partial charge in [0.15, 0.2) is 0 Å². The largest absolute Gasteiger partial charge is 0.379 e. The lowest BCUT2D eigenvalue weighted by atomic mass is 10.2. The Morgan fingerprint density at radius 2 is 1.77 bits per heavy atom. The number of hydrogen-bond donors (Lipinski definition) is 1. The second kappa shape index (κ2) is 9.57. The van der Waals surface area contributed by atoms with E-state index < -0.39 is 10.0 Å². The molecule has 0 radical (unpaired) electrons. The molecule has 4 rings (SSSR count). The first-order chi connectivity index (χ1) is 14.6. The summed E-state index contributed by atoms with van der Waals surface area (Å²) in [5.74, 6) is -0.189. The van der Waals surface area contributed by atoms with Gasteiger partial charge in [-0.3, -0.25) is 9.69 Å². The Labute approximate surface area is 181 Å². The Hall–Kier alpha value is -1.78. The summed E-state index contributed by atoms with van der Waals surface area (Å²) in [7, 11) is -3.55. The van der Waals surface area contributed by atoms with Crippen molar-refractivity contribution in [3.8, 4) is 0 Å². The van der Waals surface area contributed by atoms with Crippen molar-refractivity contribution in [1.82, 2.24) is 14.5 Å². The molecule has 0 saturated carbocycles. The molecule has 9 heteroatoms. The summed E-state index contributed by atoms with van der Waals surface area (Å²) in [6.45, 7) is 4.15. The number of benzene rings is 1. The molecule has 0 aliphatic carbocycles. The highest BCUT2D eigenvalue weighted by Gasteiger charge is 2.27. The van der Waals surface area contributed by atoms with Crippen molar-refractivity contribution < 1.29 is 17.9 Å². The van der Waals surface area contributed by atoms with Crippen LogP contribution in [0.1, 0.15) is 34.1 Å². The third-order valence-electron chi connectivity index (χ3n) is 5.63. The molecule has 2 fully saturated rings. The van der Waals surface area contributed by atoms with Crippen LogP contribution in [0.25, 0.3) is 0 Å². The number of hydrogen-bond acceptors (Lipinski definition) is 6. The van der Waals surface area contributed by atoms with Gasteiger partial charge >= 0.3 is 0 Å². The van der Waals surface area contributed by atoms with Crippen molar-refractivity contribution in [3.05, 3.63) is 52.2 Å². The molecular weight excluding hydrogens is 422 g/mol. The fourth-order valence-electron chi connectivity index (χ4n) is 3.95. The zero-order valence-electron chi connectivity index (χ0n) is 16.8. The van der Waals surface area contributed by atoms with Crippen LogP contribution in [-0.4, -0.2) is 69.5 Å². The molecular formula is C21H27N3O4S2. The van der Waals surface area contributed by atoms with E-state index in [1.54, 1.807) is 23.5 Å². The van der Waals surface area contributed by atoms with Crippen LogP contribution < -0.4 is 5.32 Å². The summed E-state index contributed by atoms with van der Waals surface area (Å²) in [5.41, 5.74) is 0.460. The van der Waals surface area contributed by atoms with Gasteiger partial charge < -0.3 is 10.1 Å². The molecule has 3 heterocycles. The summed E-state index contributed by atoms with van der Waals surface area (Å²) in [5, 5.41) is 5.10. The SMILES string of the molecule is O=C(NC[C@@H](c1cccs1)N1CCCC1)c1ccc(S(=O)(=O)N2CCOCC2)cc1. The minimum Gasteiger partial charge on any atom is -0.379 e. The van der Waals surface area contributed by atoms with E-state index in [9.17, 15) is 13.2 Å². The first-order valence-electron chi connectivity index (χ1n) is 10.3. The summed E-state index contributed by atoms with van der Waals surface area (Å²) >= 11 is 1.71. The predicted molar refractivity (Wildman–Crippen MR) is 116 cm³/mol. The molecule has 1 N–H and O–H groups in total. The standard InChI is InChI=1S/C21H27N3O4S2/c25-21(22-16-19(20-4-3-15-29-20)23-9-1-2-10-23)17-5-7-18(8-6-17)30(26,27)24-11-13-28-14-12-24/h3-8,15,19H,1-2,9-14,16H2,(H,22,25)/t19-/m0/s1. The first kappa shape index (κ1) is 21.5. The van der Waals surface area contributed by atoms with Gasteiger partial charge in [-0.15, -0.1) is 11.3 Å². The van der Waals surface area contributed by atoms with E-state index in [1.165, 1.54) is 34.2 Å². The number of morpholine rings is 1. The second-order valence-corrected chi connectivity index (χ2v) is 10.4. The van der Waals surface area contributed by atoms with E-state index in [2.05, 4.69) is 21.7 Å². The smallest absolute Gasteiger partial charge is 0.251 e.